The van der Waals surface area contributed by atoms with Crippen molar-refractivity contribution in [3.05, 3.63) is 0 Å². The Morgan fingerprint density at radius 1 is 1.23 bits per heavy atom. The van der Waals surface area contributed by atoms with Crippen LogP contribution in [0.5, 0.6) is 0 Å². The van der Waals surface area contributed by atoms with Crippen LogP contribution in [0.4, 0.5) is 4.79 Å². The fourth-order valence-corrected chi connectivity index (χ4v) is 1.10. The summed E-state index contributed by atoms with van der Waals surface area (Å²) in [5.41, 5.74) is 0. The molecule has 78 valence electrons. The minimum absolute atomic E-state index is 0.0709. The van der Waals surface area contributed by atoms with Crippen LogP contribution in [0.25, 0.3) is 0 Å². The Labute approximate surface area is 80.7 Å². The molecule has 0 spiro atoms. The number of hydrogen-bond donors (Lipinski definition) is 1. The lowest BCUT2D eigenvalue weighted by atomic mass is 10.3. The topological polar surface area (TPSA) is 49.6 Å². The predicted octanol–water partition coefficient (Wildman–Crippen LogP) is 1.42. The molecule has 4 heteroatoms. The van der Waals surface area contributed by atoms with E-state index in [1.165, 1.54) is 5.01 Å². The molecule has 0 rings (SSSR count). The summed E-state index contributed by atoms with van der Waals surface area (Å²) >= 11 is 0. The molecule has 0 saturated heterocycles. The van der Waals surface area contributed by atoms with Crippen LogP contribution in [0, 0.1) is 0 Å². The molecule has 0 aromatic heterocycles. The van der Waals surface area contributed by atoms with Crippen molar-refractivity contribution in [3.8, 4) is 0 Å². The highest BCUT2D eigenvalue weighted by atomic mass is 16.2. The molecule has 2 N–H and O–H groups in total. The first-order valence-corrected chi connectivity index (χ1v) is 4.98. The molecule has 0 aliphatic rings. The van der Waals surface area contributed by atoms with Gasteiger partial charge >= 0.3 is 6.03 Å². The number of hydrazine groups is 1. The summed E-state index contributed by atoms with van der Waals surface area (Å²) in [6.07, 6.45) is 2.02. The molecule has 0 aromatic carbocycles. The standard InChI is InChI=1S/C9H21N3O/c1-4-7-8-12(10)9(13)11(5-2)6-3/h4-8,10H2,1-3H3. The third-order valence-corrected chi connectivity index (χ3v) is 2.03. The van der Waals surface area contributed by atoms with Crippen molar-refractivity contribution < 1.29 is 4.79 Å². The first-order valence-electron chi connectivity index (χ1n) is 4.98. The molecule has 0 saturated carbocycles. The van der Waals surface area contributed by atoms with Crippen LogP contribution in [0.1, 0.15) is 33.6 Å². The predicted molar refractivity (Wildman–Crippen MR) is 54.1 cm³/mol. The average molecular weight is 187 g/mol. The molecule has 0 unspecified atom stereocenters. The summed E-state index contributed by atoms with van der Waals surface area (Å²) in [5.74, 6) is 5.60. The van der Waals surface area contributed by atoms with Gasteiger partial charge in [-0.1, -0.05) is 13.3 Å². The highest BCUT2D eigenvalue weighted by Gasteiger charge is 2.14. The summed E-state index contributed by atoms with van der Waals surface area (Å²) in [7, 11) is 0. The largest absolute Gasteiger partial charge is 0.334 e. The summed E-state index contributed by atoms with van der Waals surface area (Å²) in [6.45, 7) is 8.07. The van der Waals surface area contributed by atoms with Crippen molar-refractivity contribution in [2.75, 3.05) is 19.6 Å². The molecule has 13 heavy (non-hydrogen) atoms. The highest BCUT2D eigenvalue weighted by Crippen LogP contribution is 1.96. The van der Waals surface area contributed by atoms with E-state index in [1.54, 1.807) is 4.90 Å². The van der Waals surface area contributed by atoms with Crippen molar-refractivity contribution >= 4 is 6.03 Å². The number of urea groups is 1. The average Bonchev–Trinajstić information content (AvgIpc) is 2.15. The minimum atomic E-state index is -0.0709. The van der Waals surface area contributed by atoms with E-state index >= 15 is 0 Å². The summed E-state index contributed by atoms with van der Waals surface area (Å²) in [4.78, 5) is 13.3. The number of amides is 2. The number of carbonyl (C=O) groups excluding carboxylic acids is 1. The molecule has 2 amide bonds. The van der Waals surface area contributed by atoms with Gasteiger partial charge in [0.2, 0.25) is 0 Å². The van der Waals surface area contributed by atoms with Gasteiger partial charge in [0.05, 0.1) is 0 Å². The molecule has 0 radical (unpaired) electrons. The zero-order valence-corrected chi connectivity index (χ0v) is 8.92. The molecule has 0 atom stereocenters. The van der Waals surface area contributed by atoms with Crippen molar-refractivity contribution in [1.82, 2.24) is 9.91 Å². The van der Waals surface area contributed by atoms with E-state index in [0.717, 1.165) is 25.9 Å². The van der Waals surface area contributed by atoms with E-state index < -0.39 is 0 Å². The van der Waals surface area contributed by atoms with E-state index in [1.807, 2.05) is 13.8 Å². The normalized spacial score (nSPS) is 9.85. The van der Waals surface area contributed by atoms with Gasteiger partial charge in [0.15, 0.2) is 0 Å². The maximum atomic E-state index is 11.5. The summed E-state index contributed by atoms with van der Waals surface area (Å²) in [6, 6.07) is -0.0709. The lowest BCUT2D eigenvalue weighted by Crippen LogP contribution is -2.47. The number of nitrogens with two attached hydrogens (primary N) is 1. The summed E-state index contributed by atoms with van der Waals surface area (Å²) in [5, 5.41) is 1.30. The molecular formula is C9H21N3O. The van der Waals surface area contributed by atoms with Gasteiger partial charge in [-0.3, -0.25) is 5.01 Å². The molecule has 0 fully saturated rings. The fraction of sp³-hybridized carbons (Fsp3) is 0.889. The van der Waals surface area contributed by atoms with Gasteiger partial charge in [0.1, 0.15) is 0 Å². The zero-order valence-electron chi connectivity index (χ0n) is 8.92. The molecule has 0 aromatic rings. The maximum Gasteiger partial charge on any atom is 0.334 e. The van der Waals surface area contributed by atoms with E-state index in [9.17, 15) is 4.79 Å². The fourth-order valence-electron chi connectivity index (χ4n) is 1.10. The maximum absolute atomic E-state index is 11.5. The van der Waals surface area contributed by atoms with Gasteiger partial charge < -0.3 is 4.90 Å². The van der Waals surface area contributed by atoms with E-state index in [0.29, 0.717) is 6.54 Å². The second-order valence-corrected chi connectivity index (χ2v) is 3.00. The molecule has 4 nitrogen and oxygen atoms in total. The smallest absolute Gasteiger partial charge is 0.324 e. The Hall–Kier alpha value is -0.770. The zero-order chi connectivity index (χ0) is 10.3. The van der Waals surface area contributed by atoms with Crippen molar-refractivity contribution in [3.63, 3.8) is 0 Å². The van der Waals surface area contributed by atoms with Crippen LogP contribution in [0.3, 0.4) is 0 Å². The van der Waals surface area contributed by atoms with Gasteiger partial charge in [-0.2, -0.15) is 0 Å². The van der Waals surface area contributed by atoms with Crippen LogP contribution in [-0.4, -0.2) is 35.6 Å². The Morgan fingerprint density at radius 2 is 1.77 bits per heavy atom. The van der Waals surface area contributed by atoms with Crippen molar-refractivity contribution in [2.45, 2.75) is 33.6 Å². The van der Waals surface area contributed by atoms with Crippen LogP contribution in [0.2, 0.25) is 0 Å². The van der Waals surface area contributed by atoms with Crippen LogP contribution in [-0.2, 0) is 0 Å². The van der Waals surface area contributed by atoms with Crippen molar-refractivity contribution in [2.24, 2.45) is 5.84 Å². The number of rotatable bonds is 5. The lowest BCUT2D eigenvalue weighted by Gasteiger charge is -2.25. The monoisotopic (exact) mass is 187 g/mol. The summed E-state index contributed by atoms with van der Waals surface area (Å²) < 4.78 is 0. The number of unbranched alkanes of at least 4 members (excludes halogenated alkanes) is 1. The Morgan fingerprint density at radius 3 is 2.15 bits per heavy atom. The van der Waals surface area contributed by atoms with E-state index in [4.69, 9.17) is 5.84 Å². The van der Waals surface area contributed by atoms with Gasteiger partial charge in [-0.05, 0) is 20.3 Å². The van der Waals surface area contributed by atoms with Crippen LogP contribution < -0.4 is 5.84 Å². The minimum Gasteiger partial charge on any atom is -0.324 e. The van der Waals surface area contributed by atoms with Crippen LogP contribution in [0.15, 0.2) is 0 Å². The highest BCUT2D eigenvalue weighted by molar-refractivity contribution is 5.73. The van der Waals surface area contributed by atoms with Gasteiger partial charge in [-0.25, -0.2) is 10.6 Å². The Bertz CT molecular complexity index is 146. The quantitative estimate of drug-likeness (QED) is 0.402. The third kappa shape index (κ3) is 4.12. The molecule has 0 heterocycles. The second kappa shape index (κ2) is 6.71. The van der Waals surface area contributed by atoms with Gasteiger partial charge in [-0.15, -0.1) is 0 Å². The second-order valence-electron chi connectivity index (χ2n) is 3.00. The number of nitrogens with zero attached hydrogens (tertiary/aromatic N) is 2. The lowest BCUT2D eigenvalue weighted by molar-refractivity contribution is 0.157. The Balaban J connectivity index is 3.92. The first kappa shape index (κ1) is 12.2. The molecule has 0 aliphatic heterocycles. The Kier molecular flexibility index (Phi) is 6.32. The molecule has 0 bridgehead atoms. The SMILES string of the molecule is CCCCN(N)C(=O)N(CC)CC. The van der Waals surface area contributed by atoms with Gasteiger partial charge in [0.25, 0.3) is 0 Å². The number of hydrogen-bond acceptors (Lipinski definition) is 2. The van der Waals surface area contributed by atoms with E-state index in [-0.39, 0.29) is 6.03 Å². The molecular weight excluding hydrogens is 166 g/mol. The third-order valence-electron chi connectivity index (χ3n) is 2.03. The van der Waals surface area contributed by atoms with Crippen molar-refractivity contribution in [1.29, 1.82) is 0 Å². The van der Waals surface area contributed by atoms with Gasteiger partial charge in [0, 0.05) is 19.6 Å². The number of carbonyl (C=O) groups is 1. The van der Waals surface area contributed by atoms with Crippen LogP contribution >= 0.6 is 0 Å². The first-order chi connectivity index (χ1) is 6.17. The molecule has 0 aliphatic carbocycles. The van der Waals surface area contributed by atoms with E-state index in [2.05, 4.69) is 6.92 Å².